The zero-order valence-corrected chi connectivity index (χ0v) is 5.53. The van der Waals surface area contributed by atoms with Crippen molar-refractivity contribution in [3.8, 4) is 0 Å². The summed E-state index contributed by atoms with van der Waals surface area (Å²) >= 11 is 4.46. The van der Waals surface area contributed by atoms with Gasteiger partial charge in [-0.25, -0.2) is 0 Å². The van der Waals surface area contributed by atoms with E-state index in [1.165, 1.54) is 0 Å². The minimum absolute atomic E-state index is 0.203. The Morgan fingerprint density at radius 3 is 3.00 bits per heavy atom. The average molecular weight is 131 g/mol. The van der Waals surface area contributed by atoms with Gasteiger partial charge in [-0.2, -0.15) is 5.10 Å². The second-order valence-corrected chi connectivity index (χ2v) is 1.64. The van der Waals surface area contributed by atoms with E-state index in [-0.39, 0.29) is 5.11 Å². The number of nitrogens with two attached hydrogens (primary N) is 1. The van der Waals surface area contributed by atoms with Gasteiger partial charge in [-0.1, -0.05) is 6.92 Å². The molecule has 4 heteroatoms. The summed E-state index contributed by atoms with van der Waals surface area (Å²) < 4.78 is 0. The van der Waals surface area contributed by atoms with Crippen LogP contribution in [-0.2, 0) is 0 Å². The van der Waals surface area contributed by atoms with Crippen molar-refractivity contribution >= 4 is 23.5 Å². The van der Waals surface area contributed by atoms with E-state index in [1.807, 2.05) is 6.92 Å². The maximum Gasteiger partial charge on any atom is 0.184 e. The summed E-state index contributed by atoms with van der Waals surface area (Å²) in [5.74, 6) is 0. The van der Waals surface area contributed by atoms with Crippen LogP contribution in [0.2, 0.25) is 0 Å². The molecule has 0 atom stereocenters. The molecule has 0 amide bonds. The molecule has 0 aliphatic carbocycles. The Morgan fingerprint density at radius 1 is 2.00 bits per heavy atom. The van der Waals surface area contributed by atoms with E-state index in [0.717, 1.165) is 6.42 Å². The quantitative estimate of drug-likeness (QED) is 0.320. The van der Waals surface area contributed by atoms with Crippen LogP contribution < -0.4 is 11.2 Å². The lowest BCUT2D eigenvalue weighted by Gasteiger charge is -1.90. The number of rotatable bonds is 2. The topological polar surface area (TPSA) is 50.4 Å². The first-order valence-corrected chi connectivity index (χ1v) is 2.75. The monoisotopic (exact) mass is 131 g/mol. The molecule has 0 radical (unpaired) electrons. The van der Waals surface area contributed by atoms with Crippen LogP contribution in [0.15, 0.2) is 5.10 Å². The van der Waals surface area contributed by atoms with Crippen LogP contribution in [0.5, 0.6) is 0 Å². The van der Waals surface area contributed by atoms with Crippen molar-refractivity contribution in [1.29, 1.82) is 0 Å². The van der Waals surface area contributed by atoms with Gasteiger partial charge in [0.15, 0.2) is 5.11 Å². The molecule has 0 heterocycles. The lowest BCUT2D eigenvalue weighted by atomic mass is 10.6. The molecule has 0 bridgehead atoms. The number of nitrogens with one attached hydrogen (secondary N) is 1. The molecule has 0 aromatic heterocycles. The van der Waals surface area contributed by atoms with Crippen molar-refractivity contribution in [1.82, 2.24) is 5.43 Å². The van der Waals surface area contributed by atoms with Gasteiger partial charge in [0.1, 0.15) is 0 Å². The fraction of sp³-hybridized carbons (Fsp3) is 0.500. The molecule has 0 aliphatic heterocycles. The van der Waals surface area contributed by atoms with Gasteiger partial charge in [0.2, 0.25) is 0 Å². The molecule has 0 rings (SSSR count). The zero-order chi connectivity index (χ0) is 6.41. The molecular formula is C4H9N3S. The SMILES string of the molecule is CCC=NNC(N)=S. The lowest BCUT2D eigenvalue weighted by molar-refractivity contribution is 1.03. The first-order valence-electron chi connectivity index (χ1n) is 2.34. The largest absolute Gasteiger partial charge is 0.375 e. The van der Waals surface area contributed by atoms with E-state index in [0.29, 0.717) is 0 Å². The van der Waals surface area contributed by atoms with E-state index in [2.05, 4.69) is 22.7 Å². The summed E-state index contributed by atoms with van der Waals surface area (Å²) in [4.78, 5) is 0. The van der Waals surface area contributed by atoms with Gasteiger partial charge in [0, 0.05) is 6.21 Å². The molecule has 0 unspecified atom stereocenters. The molecule has 8 heavy (non-hydrogen) atoms. The predicted molar refractivity (Wildman–Crippen MR) is 38.7 cm³/mol. The number of hydrogen-bond donors (Lipinski definition) is 2. The van der Waals surface area contributed by atoms with Crippen molar-refractivity contribution in [3.63, 3.8) is 0 Å². The van der Waals surface area contributed by atoms with E-state index in [4.69, 9.17) is 5.73 Å². The Bertz CT molecular complexity index is 99.5. The molecule has 3 N–H and O–H groups in total. The predicted octanol–water partition coefficient (Wildman–Crippen LogP) is 0.215. The highest BCUT2D eigenvalue weighted by molar-refractivity contribution is 7.80. The highest BCUT2D eigenvalue weighted by Gasteiger charge is 1.74. The smallest absolute Gasteiger partial charge is 0.184 e. The molecule has 46 valence electrons. The van der Waals surface area contributed by atoms with Crippen LogP contribution in [0, 0.1) is 0 Å². The maximum atomic E-state index is 5.04. The van der Waals surface area contributed by atoms with E-state index in [9.17, 15) is 0 Å². The molecular weight excluding hydrogens is 122 g/mol. The van der Waals surface area contributed by atoms with Crippen LogP contribution in [0.1, 0.15) is 13.3 Å². The number of thiocarbonyl (C=S) groups is 1. The van der Waals surface area contributed by atoms with Crippen LogP contribution in [0.3, 0.4) is 0 Å². The molecule has 0 fully saturated rings. The molecule has 0 aromatic rings. The number of hydrazone groups is 1. The Kier molecular flexibility index (Phi) is 4.16. The highest BCUT2D eigenvalue weighted by Crippen LogP contribution is 1.64. The van der Waals surface area contributed by atoms with Crippen LogP contribution in [-0.4, -0.2) is 11.3 Å². The van der Waals surface area contributed by atoms with Gasteiger partial charge in [-0.15, -0.1) is 0 Å². The van der Waals surface area contributed by atoms with Gasteiger partial charge < -0.3 is 5.73 Å². The standard InChI is InChI=1S/C4H9N3S/c1-2-3-6-7-4(5)8/h3H,2H2,1H3,(H3,5,7,8). The van der Waals surface area contributed by atoms with Gasteiger partial charge in [-0.05, 0) is 18.6 Å². The molecule has 0 saturated carbocycles. The summed E-state index contributed by atoms with van der Waals surface area (Å²) in [6, 6.07) is 0. The van der Waals surface area contributed by atoms with Crippen molar-refractivity contribution in [2.24, 2.45) is 10.8 Å². The van der Waals surface area contributed by atoms with Gasteiger partial charge in [0.25, 0.3) is 0 Å². The van der Waals surface area contributed by atoms with Crippen molar-refractivity contribution in [3.05, 3.63) is 0 Å². The third-order valence-corrected chi connectivity index (χ3v) is 0.540. The molecule has 0 spiro atoms. The summed E-state index contributed by atoms with van der Waals surface area (Å²) in [5.41, 5.74) is 7.46. The number of nitrogens with zero attached hydrogens (tertiary/aromatic N) is 1. The van der Waals surface area contributed by atoms with Crippen LogP contribution >= 0.6 is 12.2 Å². The summed E-state index contributed by atoms with van der Waals surface area (Å²) in [6.07, 6.45) is 2.58. The average Bonchev–Trinajstić information content (AvgIpc) is 1.66. The summed E-state index contributed by atoms with van der Waals surface area (Å²) in [7, 11) is 0. The molecule has 0 saturated heterocycles. The van der Waals surface area contributed by atoms with Gasteiger partial charge >= 0.3 is 0 Å². The fourth-order valence-corrected chi connectivity index (χ4v) is 0.253. The maximum absolute atomic E-state index is 5.04. The first kappa shape index (κ1) is 7.36. The fourth-order valence-electron chi connectivity index (χ4n) is 0.201. The third kappa shape index (κ3) is 5.36. The minimum atomic E-state index is 0.203. The summed E-state index contributed by atoms with van der Waals surface area (Å²) in [5, 5.41) is 3.85. The van der Waals surface area contributed by atoms with Gasteiger partial charge in [-0.3, -0.25) is 5.43 Å². The normalized spacial score (nSPS) is 9.62. The van der Waals surface area contributed by atoms with E-state index < -0.39 is 0 Å². The second kappa shape index (κ2) is 4.52. The first-order chi connectivity index (χ1) is 3.77. The molecule has 0 aliphatic rings. The molecule has 3 nitrogen and oxygen atoms in total. The highest BCUT2D eigenvalue weighted by atomic mass is 32.1. The zero-order valence-electron chi connectivity index (χ0n) is 4.72. The second-order valence-electron chi connectivity index (χ2n) is 1.20. The lowest BCUT2D eigenvalue weighted by Crippen LogP contribution is -2.23. The van der Waals surface area contributed by atoms with Crippen molar-refractivity contribution in [2.75, 3.05) is 0 Å². The Hall–Kier alpha value is -0.640. The van der Waals surface area contributed by atoms with E-state index in [1.54, 1.807) is 6.21 Å². The van der Waals surface area contributed by atoms with Crippen molar-refractivity contribution in [2.45, 2.75) is 13.3 Å². The molecule has 0 aromatic carbocycles. The minimum Gasteiger partial charge on any atom is -0.375 e. The Morgan fingerprint density at radius 2 is 2.62 bits per heavy atom. The third-order valence-electron chi connectivity index (χ3n) is 0.449. The van der Waals surface area contributed by atoms with E-state index >= 15 is 0 Å². The number of hydrogen-bond acceptors (Lipinski definition) is 2. The van der Waals surface area contributed by atoms with Crippen LogP contribution in [0.4, 0.5) is 0 Å². The Balaban J connectivity index is 3.16. The summed E-state index contributed by atoms with van der Waals surface area (Å²) in [6.45, 7) is 1.98. The Labute approximate surface area is 53.9 Å². The van der Waals surface area contributed by atoms with Crippen molar-refractivity contribution < 1.29 is 0 Å². The van der Waals surface area contributed by atoms with Gasteiger partial charge in [0.05, 0.1) is 0 Å². The van der Waals surface area contributed by atoms with Crippen LogP contribution in [0.25, 0.3) is 0 Å².